The van der Waals surface area contributed by atoms with E-state index in [1.165, 1.54) is 0 Å². The predicted molar refractivity (Wildman–Crippen MR) is 97.2 cm³/mol. The van der Waals surface area contributed by atoms with E-state index in [2.05, 4.69) is 10.4 Å². The maximum Gasteiger partial charge on any atom is 0.256 e. The Balaban J connectivity index is 1.72. The number of halogens is 3. The smallest absolute Gasteiger partial charge is 0.256 e. The Morgan fingerprint density at radius 2 is 1.54 bits per heavy atom. The molecule has 0 saturated carbocycles. The molecule has 122 valence electrons. The molecule has 2 aromatic carbocycles. The second kappa shape index (κ2) is 7.26. The first-order chi connectivity index (χ1) is 11.5. The van der Waals surface area contributed by atoms with Crippen molar-refractivity contribution in [1.82, 2.24) is 9.78 Å². The third-order valence-corrected chi connectivity index (χ3v) is 4.09. The van der Waals surface area contributed by atoms with E-state index in [-0.39, 0.29) is 5.91 Å². The summed E-state index contributed by atoms with van der Waals surface area (Å²) in [6, 6.07) is 14.0. The van der Waals surface area contributed by atoms with Crippen LogP contribution in [0.15, 0.2) is 54.7 Å². The van der Waals surface area contributed by atoms with Crippen molar-refractivity contribution in [3.05, 3.63) is 80.9 Å². The van der Waals surface area contributed by atoms with Gasteiger partial charge in [-0.25, -0.2) is 0 Å². The number of rotatable bonds is 4. The fraction of sp³-hybridized carbons (Fsp3) is 0.0588. The summed E-state index contributed by atoms with van der Waals surface area (Å²) in [5.74, 6) is 0.0101. The largest absolute Gasteiger partial charge is 0.304 e. The third-order valence-electron chi connectivity index (χ3n) is 3.31. The topological polar surface area (TPSA) is 46.9 Å². The van der Waals surface area contributed by atoms with Crippen LogP contribution in [0.25, 0.3) is 0 Å². The fourth-order valence-electron chi connectivity index (χ4n) is 2.12. The van der Waals surface area contributed by atoms with E-state index >= 15 is 0 Å². The van der Waals surface area contributed by atoms with E-state index in [0.29, 0.717) is 33.0 Å². The van der Waals surface area contributed by atoms with Gasteiger partial charge in [0.15, 0.2) is 5.82 Å². The molecule has 0 spiro atoms. The number of nitrogens with one attached hydrogen (secondary N) is 1. The van der Waals surface area contributed by atoms with Crippen molar-refractivity contribution >= 4 is 46.5 Å². The summed E-state index contributed by atoms with van der Waals surface area (Å²) in [6.45, 7) is 0.522. The van der Waals surface area contributed by atoms with Gasteiger partial charge in [-0.15, -0.1) is 0 Å². The van der Waals surface area contributed by atoms with E-state index in [9.17, 15) is 4.79 Å². The van der Waals surface area contributed by atoms with Gasteiger partial charge in [-0.2, -0.15) is 5.10 Å². The minimum absolute atomic E-state index is 0.301. The van der Waals surface area contributed by atoms with Gasteiger partial charge in [-0.1, -0.05) is 46.9 Å². The number of carbonyl (C=O) groups excluding carboxylic acids is 1. The number of hydrogen-bond acceptors (Lipinski definition) is 2. The Morgan fingerprint density at radius 1 is 0.958 bits per heavy atom. The maximum atomic E-state index is 12.2. The van der Waals surface area contributed by atoms with Gasteiger partial charge < -0.3 is 5.32 Å². The lowest BCUT2D eigenvalue weighted by Gasteiger charge is -2.03. The Morgan fingerprint density at radius 3 is 2.17 bits per heavy atom. The van der Waals surface area contributed by atoms with Crippen molar-refractivity contribution in [3.8, 4) is 0 Å². The monoisotopic (exact) mass is 379 g/mol. The van der Waals surface area contributed by atoms with Crippen LogP contribution in [0, 0.1) is 0 Å². The number of amides is 1. The van der Waals surface area contributed by atoms with Gasteiger partial charge in [0.1, 0.15) is 5.02 Å². The number of carbonyl (C=O) groups is 1. The van der Waals surface area contributed by atoms with Crippen molar-refractivity contribution in [1.29, 1.82) is 0 Å². The van der Waals surface area contributed by atoms with Crippen LogP contribution in [0.5, 0.6) is 0 Å². The molecule has 0 aliphatic carbocycles. The zero-order chi connectivity index (χ0) is 17.1. The van der Waals surface area contributed by atoms with Crippen LogP contribution in [-0.4, -0.2) is 15.7 Å². The Labute approximate surface area is 154 Å². The standard InChI is InChI=1S/C17H12Cl3N3O/c18-13-5-1-11(2-6-13)9-23-10-15(20)16(22-23)21-17(24)12-3-7-14(19)8-4-12/h1-8,10H,9H2,(H,21,22,24). The van der Waals surface area contributed by atoms with Gasteiger partial charge in [0, 0.05) is 21.8 Å². The SMILES string of the molecule is O=C(Nc1nn(Cc2ccc(Cl)cc2)cc1Cl)c1ccc(Cl)cc1. The molecule has 0 bridgehead atoms. The molecule has 1 N–H and O–H groups in total. The highest BCUT2D eigenvalue weighted by atomic mass is 35.5. The minimum Gasteiger partial charge on any atom is -0.304 e. The van der Waals surface area contributed by atoms with E-state index < -0.39 is 0 Å². The molecule has 0 saturated heterocycles. The summed E-state index contributed by atoms with van der Waals surface area (Å²) in [5.41, 5.74) is 1.50. The maximum absolute atomic E-state index is 12.2. The van der Waals surface area contributed by atoms with Crippen LogP contribution in [-0.2, 0) is 6.54 Å². The molecule has 1 amide bonds. The molecule has 0 aliphatic heterocycles. The van der Waals surface area contributed by atoms with E-state index in [4.69, 9.17) is 34.8 Å². The van der Waals surface area contributed by atoms with Gasteiger partial charge in [-0.05, 0) is 42.0 Å². The molecule has 1 aromatic heterocycles. The van der Waals surface area contributed by atoms with Crippen molar-refractivity contribution in [2.45, 2.75) is 6.54 Å². The van der Waals surface area contributed by atoms with Crippen molar-refractivity contribution < 1.29 is 4.79 Å². The highest BCUT2D eigenvalue weighted by Crippen LogP contribution is 2.21. The zero-order valence-corrected chi connectivity index (χ0v) is 14.6. The van der Waals surface area contributed by atoms with E-state index in [1.54, 1.807) is 35.1 Å². The van der Waals surface area contributed by atoms with Crippen LogP contribution in [0.3, 0.4) is 0 Å². The second-order valence-electron chi connectivity index (χ2n) is 5.11. The first-order valence-corrected chi connectivity index (χ1v) is 8.19. The normalized spacial score (nSPS) is 10.6. The van der Waals surface area contributed by atoms with Crippen LogP contribution < -0.4 is 5.32 Å². The Bertz CT molecular complexity index is 858. The number of nitrogens with zero attached hydrogens (tertiary/aromatic N) is 2. The van der Waals surface area contributed by atoms with Gasteiger partial charge in [0.2, 0.25) is 0 Å². The molecule has 0 unspecified atom stereocenters. The van der Waals surface area contributed by atoms with Crippen molar-refractivity contribution in [2.24, 2.45) is 0 Å². The number of hydrogen-bond donors (Lipinski definition) is 1. The van der Waals surface area contributed by atoms with Gasteiger partial charge in [0.25, 0.3) is 5.91 Å². The quantitative estimate of drug-likeness (QED) is 0.681. The van der Waals surface area contributed by atoms with Crippen LogP contribution in [0.4, 0.5) is 5.82 Å². The highest BCUT2D eigenvalue weighted by molar-refractivity contribution is 6.33. The van der Waals surface area contributed by atoms with Gasteiger partial charge >= 0.3 is 0 Å². The number of aromatic nitrogens is 2. The molecular formula is C17H12Cl3N3O. The van der Waals surface area contributed by atoms with Crippen molar-refractivity contribution in [3.63, 3.8) is 0 Å². The van der Waals surface area contributed by atoms with Crippen LogP contribution in [0.2, 0.25) is 15.1 Å². The first-order valence-electron chi connectivity index (χ1n) is 7.05. The molecule has 7 heteroatoms. The summed E-state index contributed by atoms with van der Waals surface area (Å²) < 4.78 is 1.66. The zero-order valence-electron chi connectivity index (χ0n) is 12.3. The molecule has 0 aliphatic rings. The molecule has 4 nitrogen and oxygen atoms in total. The average Bonchev–Trinajstić information content (AvgIpc) is 2.89. The second-order valence-corrected chi connectivity index (χ2v) is 6.39. The molecule has 3 rings (SSSR count). The predicted octanol–water partition coefficient (Wildman–Crippen LogP) is 5.14. The lowest BCUT2D eigenvalue weighted by Crippen LogP contribution is -2.13. The van der Waals surface area contributed by atoms with Gasteiger partial charge in [-0.3, -0.25) is 9.48 Å². The van der Waals surface area contributed by atoms with Crippen LogP contribution >= 0.6 is 34.8 Å². The van der Waals surface area contributed by atoms with E-state index in [1.807, 2.05) is 24.3 Å². The lowest BCUT2D eigenvalue weighted by molar-refractivity contribution is 0.102. The Kier molecular flexibility index (Phi) is 5.09. The third kappa shape index (κ3) is 4.09. The molecule has 1 heterocycles. The molecule has 24 heavy (non-hydrogen) atoms. The first kappa shape index (κ1) is 16.8. The minimum atomic E-state index is -0.301. The Hall–Kier alpha value is -2.01. The molecule has 0 radical (unpaired) electrons. The molecule has 3 aromatic rings. The number of anilines is 1. The summed E-state index contributed by atoms with van der Waals surface area (Å²) in [6.07, 6.45) is 1.66. The highest BCUT2D eigenvalue weighted by Gasteiger charge is 2.12. The lowest BCUT2D eigenvalue weighted by atomic mass is 10.2. The molecule has 0 atom stereocenters. The summed E-state index contributed by atoms with van der Waals surface area (Å²) in [4.78, 5) is 12.2. The fourth-order valence-corrected chi connectivity index (χ4v) is 2.57. The van der Waals surface area contributed by atoms with Gasteiger partial charge in [0.05, 0.1) is 6.54 Å². The van der Waals surface area contributed by atoms with Crippen molar-refractivity contribution in [2.75, 3.05) is 5.32 Å². The van der Waals surface area contributed by atoms with Crippen LogP contribution in [0.1, 0.15) is 15.9 Å². The average molecular weight is 381 g/mol. The van der Waals surface area contributed by atoms with E-state index in [0.717, 1.165) is 5.56 Å². The number of benzene rings is 2. The summed E-state index contributed by atoms with van der Waals surface area (Å²) in [5, 5.41) is 8.61. The summed E-state index contributed by atoms with van der Waals surface area (Å²) in [7, 11) is 0. The summed E-state index contributed by atoms with van der Waals surface area (Å²) >= 11 is 17.8. The molecular weight excluding hydrogens is 369 g/mol. The molecule has 0 fully saturated rings.